The smallest absolute Gasteiger partial charge is 0.191 e. The van der Waals surface area contributed by atoms with Crippen molar-refractivity contribution in [2.24, 2.45) is 10.9 Å². The lowest BCUT2D eigenvalue weighted by atomic mass is 9.98. The lowest BCUT2D eigenvalue weighted by molar-refractivity contribution is 0.179. The first-order valence-electron chi connectivity index (χ1n) is 9.37. The zero-order valence-corrected chi connectivity index (χ0v) is 19.0. The highest BCUT2D eigenvalue weighted by Crippen LogP contribution is 2.19. The van der Waals surface area contributed by atoms with Gasteiger partial charge < -0.3 is 15.4 Å². The Morgan fingerprint density at radius 2 is 1.92 bits per heavy atom. The first kappa shape index (κ1) is 23.2. The molecule has 0 aromatic heterocycles. The van der Waals surface area contributed by atoms with Crippen LogP contribution in [0.1, 0.15) is 37.8 Å². The van der Waals surface area contributed by atoms with Crippen LogP contribution in [0.2, 0.25) is 0 Å². The van der Waals surface area contributed by atoms with E-state index in [2.05, 4.69) is 58.6 Å². The first-order chi connectivity index (χ1) is 12.1. The standard InChI is InChI=1S/C20H34N4O.HI/c1-16-9-11-24(12-10-16)14-19-8-6-5-7-18(19)13-22-20(21-3)23-17(2)15-25-4;/h5-8,16-17H,9-15H2,1-4H3,(H2,21,22,23);1H. The second-order valence-electron chi connectivity index (χ2n) is 7.15. The van der Waals surface area contributed by atoms with Gasteiger partial charge in [-0.25, -0.2) is 0 Å². The Kier molecular flexibility index (Phi) is 11.2. The van der Waals surface area contributed by atoms with Gasteiger partial charge in [0.15, 0.2) is 5.96 Å². The van der Waals surface area contributed by atoms with Gasteiger partial charge in [0, 0.05) is 33.3 Å². The molecule has 1 aromatic carbocycles. The Hall–Kier alpha value is -0.860. The third kappa shape index (κ3) is 7.80. The number of piperidine rings is 1. The van der Waals surface area contributed by atoms with Crippen LogP contribution in [0.3, 0.4) is 0 Å². The maximum Gasteiger partial charge on any atom is 0.191 e. The van der Waals surface area contributed by atoms with Gasteiger partial charge in [-0.2, -0.15) is 0 Å². The van der Waals surface area contributed by atoms with Crippen LogP contribution in [0.25, 0.3) is 0 Å². The van der Waals surface area contributed by atoms with Gasteiger partial charge in [-0.15, -0.1) is 24.0 Å². The fraction of sp³-hybridized carbons (Fsp3) is 0.650. The molecule has 0 spiro atoms. The average molecular weight is 474 g/mol. The van der Waals surface area contributed by atoms with E-state index in [1.54, 1.807) is 14.2 Å². The molecule has 0 radical (unpaired) electrons. The van der Waals surface area contributed by atoms with Gasteiger partial charge in [-0.1, -0.05) is 31.2 Å². The van der Waals surface area contributed by atoms with Crippen molar-refractivity contribution in [2.75, 3.05) is 33.9 Å². The maximum absolute atomic E-state index is 5.17. The van der Waals surface area contributed by atoms with Crippen molar-refractivity contribution in [3.05, 3.63) is 35.4 Å². The molecule has 1 aromatic rings. The number of nitrogens with one attached hydrogen (secondary N) is 2. The second-order valence-corrected chi connectivity index (χ2v) is 7.15. The van der Waals surface area contributed by atoms with Gasteiger partial charge >= 0.3 is 0 Å². The molecule has 1 aliphatic heterocycles. The van der Waals surface area contributed by atoms with Gasteiger partial charge in [-0.05, 0) is 49.9 Å². The van der Waals surface area contributed by atoms with Crippen LogP contribution < -0.4 is 10.6 Å². The van der Waals surface area contributed by atoms with Gasteiger partial charge in [0.2, 0.25) is 0 Å². The predicted molar refractivity (Wildman–Crippen MR) is 120 cm³/mol. The van der Waals surface area contributed by atoms with Crippen molar-refractivity contribution in [3.8, 4) is 0 Å². The molecule has 1 saturated heterocycles. The number of guanidine groups is 1. The fourth-order valence-corrected chi connectivity index (χ4v) is 3.24. The Morgan fingerprint density at radius 3 is 2.54 bits per heavy atom. The van der Waals surface area contributed by atoms with Crippen LogP contribution in [0, 0.1) is 5.92 Å². The number of hydrogen-bond acceptors (Lipinski definition) is 3. The summed E-state index contributed by atoms with van der Waals surface area (Å²) in [7, 11) is 3.52. The van der Waals surface area contributed by atoms with Crippen LogP contribution in [-0.2, 0) is 17.8 Å². The highest BCUT2D eigenvalue weighted by atomic mass is 127. The van der Waals surface area contributed by atoms with Gasteiger partial charge in [0.25, 0.3) is 0 Å². The second kappa shape index (κ2) is 12.5. The van der Waals surface area contributed by atoms with Gasteiger partial charge in [0.1, 0.15) is 0 Å². The number of halogens is 1. The van der Waals surface area contributed by atoms with Crippen LogP contribution in [0.15, 0.2) is 29.3 Å². The van der Waals surface area contributed by atoms with Gasteiger partial charge in [-0.3, -0.25) is 9.89 Å². The number of aliphatic imine (C=N–C) groups is 1. The summed E-state index contributed by atoms with van der Waals surface area (Å²) in [5.74, 6) is 1.68. The number of ether oxygens (including phenoxy) is 1. The normalized spacial score (nSPS) is 17.5. The number of likely N-dealkylation sites (tertiary alicyclic amines) is 1. The summed E-state index contributed by atoms with van der Waals surface area (Å²) < 4.78 is 5.17. The van der Waals surface area contributed by atoms with Crippen molar-refractivity contribution in [3.63, 3.8) is 0 Å². The fourth-order valence-electron chi connectivity index (χ4n) is 3.24. The van der Waals surface area contributed by atoms with Crippen molar-refractivity contribution < 1.29 is 4.74 Å². The average Bonchev–Trinajstić information content (AvgIpc) is 2.62. The molecule has 148 valence electrons. The summed E-state index contributed by atoms with van der Waals surface area (Å²) in [6.07, 6.45) is 2.63. The molecule has 5 nitrogen and oxygen atoms in total. The molecule has 2 rings (SSSR count). The van der Waals surface area contributed by atoms with E-state index < -0.39 is 0 Å². The van der Waals surface area contributed by atoms with E-state index in [-0.39, 0.29) is 30.0 Å². The van der Waals surface area contributed by atoms with E-state index in [1.165, 1.54) is 37.1 Å². The molecular formula is C20H35IN4O. The van der Waals surface area contributed by atoms with Crippen LogP contribution in [0.5, 0.6) is 0 Å². The number of methoxy groups -OCH3 is 1. The highest BCUT2D eigenvalue weighted by Gasteiger charge is 2.16. The molecule has 0 amide bonds. The Balaban J connectivity index is 0.00000338. The van der Waals surface area contributed by atoms with Crippen molar-refractivity contribution in [1.29, 1.82) is 0 Å². The van der Waals surface area contributed by atoms with Crippen LogP contribution in [0.4, 0.5) is 0 Å². The minimum Gasteiger partial charge on any atom is -0.383 e. The lowest BCUT2D eigenvalue weighted by Crippen LogP contribution is -2.43. The zero-order chi connectivity index (χ0) is 18.1. The molecule has 0 aliphatic carbocycles. The number of rotatable bonds is 7. The third-order valence-electron chi connectivity index (χ3n) is 4.86. The van der Waals surface area contributed by atoms with E-state index in [0.29, 0.717) is 6.61 Å². The lowest BCUT2D eigenvalue weighted by Gasteiger charge is -2.30. The monoisotopic (exact) mass is 474 g/mol. The van der Waals surface area contributed by atoms with Crippen LogP contribution in [-0.4, -0.2) is 50.8 Å². The number of benzene rings is 1. The molecule has 26 heavy (non-hydrogen) atoms. The first-order valence-corrected chi connectivity index (χ1v) is 9.37. The molecule has 1 fully saturated rings. The Labute approximate surface area is 176 Å². The van der Waals surface area contributed by atoms with Crippen molar-refractivity contribution in [1.82, 2.24) is 15.5 Å². The largest absolute Gasteiger partial charge is 0.383 e. The van der Waals surface area contributed by atoms with E-state index >= 15 is 0 Å². The topological polar surface area (TPSA) is 48.9 Å². The SMILES string of the molecule is CN=C(NCc1ccccc1CN1CCC(C)CC1)NC(C)COC.I. The van der Waals surface area contributed by atoms with E-state index in [0.717, 1.165) is 25.0 Å². The molecule has 0 bridgehead atoms. The number of nitrogens with zero attached hydrogens (tertiary/aromatic N) is 2. The third-order valence-corrected chi connectivity index (χ3v) is 4.86. The zero-order valence-electron chi connectivity index (χ0n) is 16.6. The summed E-state index contributed by atoms with van der Waals surface area (Å²) in [5.41, 5.74) is 2.74. The van der Waals surface area contributed by atoms with Crippen molar-refractivity contribution in [2.45, 2.75) is 45.8 Å². The molecular weight excluding hydrogens is 439 g/mol. The summed E-state index contributed by atoms with van der Waals surface area (Å²) in [6.45, 7) is 9.34. The van der Waals surface area contributed by atoms with Gasteiger partial charge in [0.05, 0.1) is 6.61 Å². The number of hydrogen-bond donors (Lipinski definition) is 2. The highest BCUT2D eigenvalue weighted by molar-refractivity contribution is 14.0. The minimum absolute atomic E-state index is 0. The van der Waals surface area contributed by atoms with E-state index in [9.17, 15) is 0 Å². The quantitative estimate of drug-likeness (QED) is 0.362. The Bertz CT molecular complexity index is 544. The molecule has 2 N–H and O–H groups in total. The van der Waals surface area contributed by atoms with E-state index in [4.69, 9.17) is 4.74 Å². The summed E-state index contributed by atoms with van der Waals surface area (Å²) >= 11 is 0. The summed E-state index contributed by atoms with van der Waals surface area (Å²) in [6, 6.07) is 8.93. The molecule has 1 atom stereocenters. The minimum atomic E-state index is 0. The Morgan fingerprint density at radius 1 is 1.27 bits per heavy atom. The van der Waals surface area contributed by atoms with Crippen LogP contribution >= 0.6 is 24.0 Å². The predicted octanol–water partition coefficient (Wildman–Crippen LogP) is 3.24. The molecule has 1 unspecified atom stereocenters. The van der Waals surface area contributed by atoms with Crippen molar-refractivity contribution >= 4 is 29.9 Å². The molecule has 0 saturated carbocycles. The summed E-state index contributed by atoms with van der Waals surface area (Å²) in [5, 5.41) is 6.77. The summed E-state index contributed by atoms with van der Waals surface area (Å²) in [4.78, 5) is 6.88. The molecule has 1 heterocycles. The molecule has 1 aliphatic rings. The maximum atomic E-state index is 5.17. The van der Waals surface area contributed by atoms with E-state index in [1.807, 2.05) is 0 Å². The molecule has 6 heteroatoms.